The number of carbonyl (C=O) groups excluding carboxylic acids is 1. The summed E-state index contributed by atoms with van der Waals surface area (Å²) in [6.07, 6.45) is 5.71. The average Bonchev–Trinajstić information content (AvgIpc) is 3.17. The molecule has 3 aromatic rings. The largest absolute Gasteiger partial charge is 0.462 e. The molecule has 3 rings (SSSR count). The summed E-state index contributed by atoms with van der Waals surface area (Å²) in [5, 5.41) is 3.37. The number of anilines is 1. The zero-order chi connectivity index (χ0) is 16.9. The second-order valence-corrected chi connectivity index (χ2v) is 6.68. The number of nitrogens with one attached hydrogen (secondary N) is 1. The van der Waals surface area contributed by atoms with E-state index in [9.17, 15) is 4.79 Å². The Labute approximate surface area is 144 Å². The molecular formula is C19H18N2O2S. The van der Waals surface area contributed by atoms with Gasteiger partial charge in [0.15, 0.2) is 5.13 Å². The quantitative estimate of drug-likeness (QED) is 0.692. The van der Waals surface area contributed by atoms with Gasteiger partial charge in [0.2, 0.25) is 5.91 Å². The van der Waals surface area contributed by atoms with E-state index in [1.807, 2.05) is 19.1 Å². The number of nitrogens with zero attached hydrogens (tertiary/aromatic N) is 1. The Morgan fingerprint density at radius 2 is 2.00 bits per heavy atom. The van der Waals surface area contributed by atoms with Gasteiger partial charge in [-0.25, -0.2) is 4.98 Å². The van der Waals surface area contributed by atoms with Crippen LogP contribution in [-0.4, -0.2) is 10.9 Å². The van der Waals surface area contributed by atoms with Crippen LogP contribution in [0.5, 0.6) is 0 Å². The molecule has 0 fully saturated rings. The van der Waals surface area contributed by atoms with Crippen molar-refractivity contribution in [2.75, 3.05) is 5.32 Å². The molecule has 0 bridgehead atoms. The maximum atomic E-state index is 11.9. The van der Waals surface area contributed by atoms with Crippen LogP contribution in [-0.2, 0) is 11.2 Å². The monoisotopic (exact) mass is 338 g/mol. The molecule has 0 aliphatic heterocycles. The summed E-state index contributed by atoms with van der Waals surface area (Å²) in [6, 6.07) is 12.1. The highest BCUT2D eigenvalue weighted by atomic mass is 32.1. The minimum Gasteiger partial charge on any atom is -0.462 e. The van der Waals surface area contributed by atoms with Gasteiger partial charge in [-0.1, -0.05) is 29.8 Å². The molecule has 2 aromatic heterocycles. The Balaban J connectivity index is 1.58. The van der Waals surface area contributed by atoms with Crippen molar-refractivity contribution in [2.24, 2.45) is 0 Å². The number of carbonyl (C=O) groups is 1. The molecule has 1 N–H and O–H groups in total. The lowest BCUT2D eigenvalue weighted by molar-refractivity contribution is -0.111. The number of hydrogen-bond acceptors (Lipinski definition) is 4. The van der Waals surface area contributed by atoms with Crippen LogP contribution in [0, 0.1) is 13.8 Å². The third kappa shape index (κ3) is 4.43. The van der Waals surface area contributed by atoms with Crippen molar-refractivity contribution >= 4 is 28.5 Å². The molecule has 1 aromatic carbocycles. The van der Waals surface area contributed by atoms with Gasteiger partial charge in [0.25, 0.3) is 0 Å². The van der Waals surface area contributed by atoms with E-state index in [0.717, 1.165) is 17.1 Å². The van der Waals surface area contributed by atoms with Gasteiger partial charge in [-0.3, -0.25) is 10.1 Å². The van der Waals surface area contributed by atoms with Gasteiger partial charge in [0.05, 0.1) is 0 Å². The Morgan fingerprint density at radius 3 is 2.71 bits per heavy atom. The van der Waals surface area contributed by atoms with Crippen LogP contribution in [0.4, 0.5) is 5.13 Å². The van der Waals surface area contributed by atoms with Crippen LogP contribution >= 0.6 is 11.3 Å². The normalized spacial score (nSPS) is 11.1. The number of aryl methyl sites for hydroxylation is 2. The summed E-state index contributed by atoms with van der Waals surface area (Å²) in [6.45, 7) is 3.93. The lowest BCUT2D eigenvalue weighted by Crippen LogP contribution is -2.06. The summed E-state index contributed by atoms with van der Waals surface area (Å²) in [5.41, 5.74) is 2.48. The average molecular weight is 338 g/mol. The lowest BCUT2D eigenvalue weighted by Gasteiger charge is -1.99. The SMILES string of the molecule is Cc1ccc(Cc2cnc(NC(=O)/C=C/c3ccc(C)o3)s2)cc1. The van der Waals surface area contributed by atoms with E-state index < -0.39 is 0 Å². The summed E-state index contributed by atoms with van der Waals surface area (Å²) in [5.74, 6) is 1.25. The van der Waals surface area contributed by atoms with Crippen molar-refractivity contribution in [1.29, 1.82) is 0 Å². The predicted molar refractivity (Wildman–Crippen MR) is 97.2 cm³/mol. The van der Waals surface area contributed by atoms with Crippen molar-refractivity contribution in [3.8, 4) is 0 Å². The van der Waals surface area contributed by atoms with Crippen LogP contribution in [0.1, 0.15) is 27.5 Å². The van der Waals surface area contributed by atoms with E-state index in [-0.39, 0.29) is 5.91 Å². The molecule has 2 heterocycles. The molecule has 5 heteroatoms. The van der Waals surface area contributed by atoms with Gasteiger partial charge >= 0.3 is 0 Å². The smallest absolute Gasteiger partial charge is 0.250 e. The molecule has 0 aliphatic rings. The second kappa shape index (κ2) is 7.27. The number of amides is 1. The van der Waals surface area contributed by atoms with Crippen molar-refractivity contribution in [1.82, 2.24) is 4.98 Å². The van der Waals surface area contributed by atoms with Gasteiger partial charge in [-0.2, -0.15) is 0 Å². The maximum Gasteiger partial charge on any atom is 0.250 e. The fourth-order valence-corrected chi connectivity index (χ4v) is 3.05. The van der Waals surface area contributed by atoms with Crippen molar-refractivity contribution in [2.45, 2.75) is 20.3 Å². The summed E-state index contributed by atoms with van der Waals surface area (Å²) in [7, 11) is 0. The van der Waals surface area contributed by atoms with Crippen molar-refractivity contribution in [3.63, 3.8) is 0 Å². The first-order valence-electron chi connectivity index (χ1n) is 7.64. The Kier molecular flexibility index (Phi) is 4.91. The Bertz CT molecular complexity index is 860. The zero-order valence-corrected chi connectivity index (χ0v) is 14.4. The second-order valence-electron chi connectivity index (χ2n) is 5.57. The van der Waals surface area contributed by atoms with Crippen LogP contribution in [0.15, 0.2) is 53.1 Å². The minimum atomic E-state index is -0.222. The Hall–Kier alpha value is -2.66. The predicted octanol–water partition coefficient (Wildman–Crippen LogP) is 4.60. The topological polar surface area (TPSA) is 55.1 Å². The first-order valence-corrected chi connectivity index (χ1v) is 8.46. The molecule has 0 aliphatic carbocycles. The van der Waals surface area contributed by atoms with E-state index in [1.165, 1.54) is 28.5 Å². The highest BCUT2D eigenvalue weighted by Crippen LogP contribution is 2.21. The van der Waals surface area contributed by atoms with Crippen LogP contribution in [0.3, 0.4) is 0 Å². The number of hydrogen-bond donors (Lipinski definition) is 1. The van der Waals surface area contributed by atoms with Crippen molar-refractivity contribution in [3.05, 3.63) is 76.2 Å². The molecule has 122 valence electrons. The highest BCUT2D eigenvalue weighted by Gasteiger charge is 2.06. The number of aromatic nitrogens is 1. The highest BCUT2D eigenvalue weighted by molar-refractivity contribution is 7.15. The fourth-order valence-electron chi connectivity index (χ4n) is 2.20. The van der Waals surface area contributed by atoms with E-state index in [4.69, 9.17) is 4.42 Å². The van der Waals surface area contributed by atoms with Gasteiger partial charge in [-0.15, -0.1) is 11.3 Å². The third-order valence-electron chi connectivity index (χ3n) is 3.44. The van der Waals surface area contributed by atoms with E-state index >= 15 is 0 Å². The molecule has 1 amide bonds. The van der Waals surface area contributed by atoms with Crippen LogP contribution in [0.25, 0.3) is 6.08 Å². The zero-order valence-electron chi connectivity index (χ0n) is 13.6. The molecule has 24 heavy (non-hydrogen) atoms. The van der Waals surface area contributed by atoms with Crippen molar-refractivity contribution < 1.29 is 9.21 Å². The first-order chi connectivity index (χ1) is 11.6. The standard InChI is InChI=1S/C19H18N2O2S/c1-13-3-6-15(7-4-13)11-17-12-20-19(24-17)21-18(22)10-9-16-8-5-14(2)23-16/h3-10,12H,11H2,1-2H3,(H,20,21,22)/b10-9+. The Morgan fingerprint density at radius 1 is 1.21 bits per heavy atom. The number of thiazole rings is 1. The van der Waals surface area contributed by atoms with Gasteiger partial charge in [0.1, 0.15) is 11.5 Å². The molecule has 0 radical (unpaired) electrons. The molecule has 4 nitrogen and oxygen atoms in total. The minimum absolute atomic E-state index is 0.222. The maximum absolute atomic E-state index is 11.9. The number of benzene rings is 1. The first kappa shape index (κ1) is 16.2. The summed E-state index contributed by atoms with van der Waals surface area (Å²) in [4.78, 5) is 17.3. The molecule has 0 saturated carbocycles. The van der Waals surface area contributed by atoms with Gasteiger partial charge in [-0.05, 0) is 37.6 Å². The number of furan rings is 1. The fraction of sp³-hybridized carbons (Fsp3) is 0.158. The molecule has 0 saturated heterocycles. The van der Waals surface area contributed by atoms with Crippen LogP contribution < -0.4 is 5.32 Å². The molecule has 0 atom stereocenters. The van der Waals surface area contributed by atoms with Gasteiger partial charge in [0, 0.05) is 23.6 Å². The number of rotatable bonds is 5. The summed E-state index contributed by atoms with van der Waals surface area (Å²) < 4.78 is 5.38. The summed E-state index contributed by atoms with van der Waals surface area (Å²) >= 11 is 1.49. The van der Waals surface area contributed by atoms with E-state index in [2.05, 4.69) is 41.5 Å². The molecule has 0 unspecified atom stereocenters. The van der Waals surface area contributed by atoms with Gasteiger partial charge < -0.3 is 4.42 Å². The lowest BCUT2D eigenvalue weighted by atomic mass is 10.1. The molecule has 0 spiro atoms. The van der Waals surface area contributed by atoms with E-state index in [1.54, 1.807) is 12.3 Å². The molecular weight excluding hydrogens is 320 g/mol. The van der Waals surface area contributed by atoms with Crippen LogP contribution in [0.2, 0.25) is 0 Å². The third-order valence-corrected chi connectivity index (χ3v) is 4.36. The van der Waals surface area contributed by atoms with E-state index in [0.29, 0.717) is 10.9 Å².